The Morgan fingerprint density at radius 2 is 2.11 bits per heavy atom. The summed E-state index contributed by atoms with van der Waals surface area (Å²) in [6.45, 7) is 6.08. The third-order valence-corrected chi connectivity index (χ3v) is 3.00. The quantitative estimate of drug-likeness (QED) is 0.865. The predicted molar refractivity (Wildman–Crippen MR) is 72.1 cm³/mol. The van der Waals surface area contributed by atoms with Crippen LogP contribution in [0.1, 0.15) is 36.5 Å². The Morgan fingerprint density at radius 1 is 1.39 bits per heavy atom. The van der Waals surface area contributed by atoms with Gasteiger partial charge in [0.05, 0.1) is 12.5 Å². The van der Waals surface area contributed by atoms with E-state index in [1.807, 2.05) is 39.0 Å². The lowest BCUT2D eigenvalue weighted by atomic mass is 10.0. The Hall–Kier alpha value is -1.82. The minimum absolute atomic E-state index is 0.0850. The average molecular weight is 244 g/mol. The topological polar surface area (TPSA) is 52.9 Å². The number of nitrogens with one attached hydrogen (secondary N) is 1. The van der Waals surface area contributed by atoms with Crippen molar-refractivity contribution in [3.05, 3.63) is 34.9 Å². The largest absolute Gasteiger partial charge is 0.340 e. The van der Waals surface area contributed by atoms with Crippen LogP contribution in [0.3, 0.4) is 0 Å². The molecule has 0 saturated heterocycles. The molecule has 0 heterocycles. The number of hydrogen-bond donors (Lipinski definition) is 1. The summed E-state index contributed by atoms with van der Waals surface area (Å²) in [7, 11) is 0. The predicted octanol–water partition coefficient (Wildman–Crippen LogP) is 2.65. The van der Waals surface area contributed by atoms with Crippen LogP contribution in [0.2, 0.25) is 0 Å². The number of nitrogens with zero attached hydrogens (tertiary/aromatic N) is 1. The van der Waals surface area contributed by atoms with Gasteiger partial charge in [0.1, 0.15) is 6.04 Å². The number of benzene rings is 1. The first-order valence-electron chi connectivity index (χ1n) is 6.32. The standard InChI is InChI=1S/C15H20N2O/c1-4-5-14(10-16)17-15(18)9-13-7-6-11(2)12(3)8-13/h6-8,14H,4-5,9H2,1-3H3,(H,17,18). The minimum atomic E-state index is -0.367. The fourth-order valence-electron chi connectivity index (χ4n) is 1.80. The lowest BCUT2D eigenvalue weighted by Gasteiger charge is -2.11. The molecule has 0 aliphatic carbocycles. The van der Waals surface area contributed by atoms with Gasteiger partial charge in [0.2, 0.25) is 5.91 Å². The van der Waals surface area contributed by atoms with Gasteiger partial charge in [0.15, 0.2) is 0 Å². The van der Waals surface area contributed by atoms with E-state index in [1.165, 1.54) is 11.1 Å². The highest BCUT2D eigenvalue weighted by molar-refractivity contribution is 5.79. The molecule has 1 unspecified atom stereocenters. The van der Waals surface area contributed by atoms with Crippen molar-refractivity contribution in [2.45, 2.75) is 46.1 Å². The zero-order valence-corrected chi connectivity index (χ0v) is 11.3. The van der Waals surface area contributed by atoms with Crippen LogP contribution in [0.5, 0.6) is 0 Å². The summed E-state index contributed by atoms with van der Waals surface area (Å²) in [5.41, 5.74) is 3.40. The highest BCUT2D eigenvalue weighted by Gasteiger charge is 2.10. The Bertz CT molecular complexity index is 460. The fourth-order valence-corrected chi connectivity index (χ4v) is 1.80. The molecule has 0 spiro atoms. The van der Waals surface area contributed by atoms with Gasteiger partial charge < -0.3 is 5.32 Å². The van der Waals surface area contributed by atoms with E-state index in [4.69, 9.17) is 5.26 Å². The van der Waals surface area contributed by atoms with Crippen molar-refractivity contribution in [2.24, 2.45) is 0 Å². The van der Waals surface area contributed by atoms with E-state index in [0.717, 1.165) is 12.0 Å². The van der Waals surface area contributed by atoms with E-state index in [2.05, 4.69) is 11.4 Å². The maximum atomic E-state index is 11.8. The van der Waals surface area contributed by atoms with E-state index < -0.39 is 0 Å². The Morgan fingerprint density at radius 3 is 2.67 bits per heavy atom. The Kier molecular flexibility index (Phi) is 5.38. The maximum Gasteiger partial charge on any atom is 0.225 e. The van der Waals surface area contributed by atoms with E-state index in [1.54, 1.807) is 0 Å². The number of nitriles is 1. The summed E-state index contributed by atoms with van der Waals surface area (Å²) >= 11 is 0. The zero-order valence-electron chi connectivity index (χ0n) is 11.3. The second-order valence-corrected chi connectivity index (χ2v) is 4.63. The first kappa shape index (κ1) is 14.2. The van der Waals surface area contributed by atoms with Crippen LogP contribution >= 0.6 is 0 Å². The summed E-state index contributed by atoms with van der Waals surface area (Å²) in [4.78, 5) is 11.8. The molecule has 1 N–H and O–H groups in total. The van der Waals surface area contributed by atoms with Crippen molar-refractivity contribution in [3.8, 4) is 6.07 Å². The second-order valence-electron chi connectivity index (χ2n) is 4.63. The van der Waals surface area contributed by atoms with Crippen molar-refractivity contribution in [1.29, 1.82) is 5.26 Å². The Balaban J connectivity index is 2.59. The molecule has 1 amide bonds. The average Bonchev–Trinajstić information content (AvgIpc) is 2.33. The molecule has 1 aromatic carbocycles. The highest BCUT2D eigenvalue weighted by atomic mass is 16.1. The van der Waals surface area contributed by atoms with Crippen LogP contribution in [-0.2, 0) is 11.2 Å². The number of hydrogen-bond acceptors (Lipinski definition) is 2. The lowest BCUT2D eigenvalue weighted by Crippen LogP contribution is -2.34. The van der Waals surface area contributed by atoms with E-state index >= 15 is 0 Å². The molecule has 0 aromatic heterocycles. The van der Waals surface area contributed by atoms with Crippen LogP contribution in [0.15, 0.2) is 18.2 Å². The zero-order chi connectivity index (χ0) is 13.5. The smallest absolute Gasteiger partial charge is 0.225 e. The van der Waals surface area contributed by atoms with Crippen molar-refractivity contribution in [3.63, 3.8) is 0 Å². The Labute approximate surface area is 109 Å². The van der Waals surface area contributed by atoms with Crippen LogP contribution in [0.4, 0.5) is 0 Å². The molecule has 0 bridgehead atoms. The van der Waals surface area contributed by atoms with E-state index in [0.29, 0.717) is 12.8 Å². The summed E-state index contributed by atoms with van der Waals surface area (Å²) in [6.07, 6.45) is 1.93. The fraction of sp³-hybridized carbons (Fsp3) is 0.467. The highest BCUT2D eigenvalue weighted by Crippen LogP contribution is 2.10. The monoisotopic (exact) mass is 244 g/mol. The third kappa shape index (κ3) is 4.21. The van der Waals surface area contributed by atoms with Gasteiger partial charge in [-0.25, -0.2) is 0 Å². The summed E-state index contributed by atoms with van der Waals surface area (Å²) in [5.74, 6) is -0.0850. The van der Waals surface area contributed by atoms with Gasteiger partial charge in [0, 0.05) is 0 Å². The molecule has 0 fully saturated rings. The number of carbonyl (C=O) groups is 1. The van der Waals surface area contributed by atoms with E-state index in [-0.39, 0.29) is 11.9 Å². The first-order chi connectivity index (χ1) is 8.56. The molecule has 0 aliphatic heterocycles. The molecule has 96 valence electrons. The van der Waals surface area contributed by atoms with Crippen molar-refractivity contribution >= 4 is 5.91 Å². The molecule has 3 heteroatoms. The SMILES string of the molecule is CCCC(C#N)NC(=O)Cc1ccc(C)c(C)c1. The molecule has 0 saturated carbocycles. The van der Waals surface area contributed by atoms with Crippen LogP contribution in [0, 0.1) is 25.2 Å². The van der Waals surface area contributed by atoms with Gasteiger partial charge in [0.25, 0.3) is 0 Å². The number of rotatable bonds is 5. The summed E-state index contributed by atoms with van der Waals surface area (Å²) in [5, 5.41) is 11.6. The molecule has 18 heavy (non-hydrogen) atoms. The molecule has 1 rings (SSSR count). The number of carbonyl (C=O) groups excluding carboxylic acids is 1. The first-order valence-corrected chi connectivity index (χ1v) is 6.32. The molecular formula is C15H20N2O. The van der Waals surface area contributed by atoms with Crippen LogP contribution in [-0.4, -0.2) is 11.9 Å². The molecule has 3 nitrogen and oxygen atoms in total. The normalized spacial score (nSPS) is 11.7. The third-order valence-electron chi connectivity index (χ3n) is 3.00. The van der Waals surface area contributed by atoms with Crippen LogP contribution < -0.4 is 5.32 Å². The lowest BCUT2D eigenvalue weighted by molar-refractivity contribution is -0.120. The van der Waals surface area contributed by atoms with Gasteiger partial charge >= 0.3 is 0 Å². The number of aryl methyl sites for hydroxylation is 2. The molecule has 0 radical (unpaired) electrons. The second kappa shape index (κ2) is 6.80. The van der Waals surface area contributed by atoms with Gasteiger partial charge in [-0.15, -0.1) is 0 Å². The molecule has 0 aliphatic rings. The van der Waals surface area contributed by atoms with E-state index in [9.17, 15) is 4.79 Å². The maximum absolute atomic E-state index is 11.8. The van der Waals surface area contributed by atoms with Crippen LogP contribution in [0.25, 0.3) is 0 Å². The van der Waals surface area contributed by atoms with Gasteiger partial charge in [-0.05, 0) is 37.0 Å². The van der Waals surface area contributed by atoms with Gasteiger partial charge in [-0.1, -0.05) is 31.5 Å². The number of amides is 1. The van der Waals surface area contributed by atoms with Crippen molar-refractivity contribution in [1.82, 2.24) is 5.32 Å². The van der Waals surface area contributed by atoms with Crippen molar-refractivity contribution in [2.75, 3.05) is 0 Å². The van der Waals surface area contributed by atoms with Crippen molar-refractivity contribution < 1.29 is 4.79 Å². The molecular weight excluding hydrogens is 224 g/mol. The summed E-state index contributed by atoms with van der Waals surface area (Å²) in [6, 6.07) is 7.75. The summed E-state index contributed by atoms with van der Waals surface area (Å²) < 4.78 is 0. The van der Waals surface area contributed by atoms with Gasteiger partial charge in [-0.3, -0.25) is 4.79 Å². The molecule has 1 aromatic rings. The molecule has 1 atom stereocenters. The minimum Gasteiger partial charge on any atom is -0.340 e. The van der Waals surface area contributed by atoms with Gasteiger partial charge in [-0.2, -0.15) is 5.26 Å².